The van der Waals surface area contributed by atoms with Gasteiger partial charge >= 0.3 is 0 Å². The van der Waals surface area contributed by atoms with E-state index in [1.807, 2.05) is 6.07 Å². The molecule has 105 valence electrons. The summed E-state index contributed by atoms with van der Waals surface area (Å²) in [6.07, 6.45) is 0. The van der Waals surface area contributed by atoms with Crippen LogP contribution in [0.25, 0.3) is 0 Å². The maximum atomic E-state index is 5.63. The van der Waals surface area contributed by atoms with E-state index in [-0.39, 0.29) is 12.2 Å². The Morgan fingerprint density at radius 2 is 1.89 bits per heavy atom. The van der Waals surface area contributed by atoms with Crippen LogP contribution in [-0.2, 0) is 9.84 Å². The van der Waals surface area contributed by atoms with Gasteiger partial charge in [-0.1, -0.05) is 26.8 Å². The van der Waals surface area contributed by atoms with Gasteiger partial charge in [-0.3, -0.25) is 0 Å². The highest BCUT2D eigenvalue weighted by Gasteiger charge is 2.27. The molecule has 0 bridgehead atoms. The molecule has 0 atom stereocenters. The average Bonchev–Trinajstić information content (AvgIpc) is 2.75. The molecule has 1 heterocycles. The van der Waals surface area contributed by atoms with E-state index in [0.29, 0.717) is 6.73 Å². The molecule has 1 aliphatic rings. The van der Waals surface area contributed by atoms with Crippen LogP contribution in [0.1, 0.15) is 26.3 Å². The largest absolute Gasteiger partial charge is 0.453 e. The molecule has 0 fully saturated rings. The Kier molecular flexibility index (Phi) is 4.06. The summed E-state index contributed by atoms with van der Waals surface area (Å²) in [7, 11) is -0.683. The predicted octanol–water partition coefficient (Wildman–Crippen LogP) is 3.35. The molecule has 0 amide bonds. The van der Waals surface area contributed by atoms with Gasteiger partial charge in [0.25, 0.3) is 0 Å². The van der Waals surface area contributed by atoms with Crippen molar-refractivity contribution in [1.29, 1.82) is 0 Å². The number of hydrogen-bond acceptors (Lipinski definition) is 4. The third-order valence-corrected chi connectivity index (χ3v) is 3.67. The van der Waals surface area contributed by atoms with Gasteiger partial charge in [-0.05, 0) is 24.6 Å². The van der Waals surface area contributed by atoms with Crippen LogP contribution < -0.4 is 14.8 Å². The average molecular weight is 280 g/mol. The van der Waals surface area contributed by atoms with Gasteiger partial charge in [-0.25, -0.2) is 0 Å². The van der Waals surface area contributed by atoms with Crippen LogP contribution in [0.2, 0.25) is 13.1 Å². The number of rotatable bonds is 4. The maximum absolute atomic E-state index is 5.63. The molecule has 5 heteroatoms. The Labute approximate surface area is 116 Å². The van der Waals surface area contributed by atoms with Crippen LogP contribution in [0.3, 0.4) is 0 Å². The highest BCUT2D eigenvalue weighted by Crippen LogP contribution is 2.45. The zero-order chi connectivity index (χ0) is 14.0. The summed E-state index contributed by atoms with van der Waals surface area (Å²) in [6.45, 7) is 11.5. The zero-order valence-corrected chi connectivity index (χ0v) is 13.3. The molecule has 1 N–H and O–H groups in total. The molecule has 0 aliphatic carbocycles. The van der Waals surface area contributed by atoms with E-state index >= 15 is 0 Å². The number of anilines is 1. The molecule has 0 unspecified atom stereocenters. The van der Waals surface area contributed by atoms with Crippen molar-refractivity contribution >= 4 is 14.7 Å². The lowest BCUT2D eigenvalue weighted by Gasteiger charge is -2.22. The molecular weight excluding hydrogens is 258 g/mol. The lowest BCUT2D eigenvalue weighted by molar-refractivity contribution is 0.172. The molecule has 1 aromatic carbocycles. The summed E-state index contributed by atoms with van der Waals surface area (Å²) < 4.78 is 16.8. The van der Waals surface area contributed by atoms with Gasteiger partial charge in [-0.15, -0.1) is 0 Å². The van der Waals surface area contributed by atoms with Crippen LogP contribution in [0.4, 0.5) is 5.69 Å². The van der Waals surface area contributed by atoms with Gasteiger partial charge in [0.05, 0.1) is 5.69 Å². The van der Waals surface area contributed by atoms with E-state index in [1.54, 1.807) is 0 Å². The Bertz CT molecular complexity index is 455. The van der Waals surface area contributed by atoms with Crippen LogP contribution in [-0.4, -0.2) is 22.6 Å². The van der Waals surface area contributed by atoms with E-state index < -0.39 is 9.04 Å². The Morgan fingerprint density at radius 3 is 2.53 bits per heavy atom. The van der Waals surface area contributed by atoms with E-state index in [4.69, 9.17) is 13.9 Å². The van der Waals surface area contributed by atoms with Gasteiger partial charge < -0.3 is 19.2 Å². The lowest BCUT2D eigenvalue weighted by Crippen LogP contribution is -2.15. The molecule has 2 rings (SSSR count). The molecule has 0 saturated heterocycles. The minimum absolute atomic E-state index is 0.0375. The fourth-order valence-electron chi connectivity index (χ4n) is 1.98. The number of fused-ring (bicyclic) bond motifs is 1. The molecule has 1 radical (unpaired) electrons. The summed E-state index contributed by atoms with van der Waals surface area (Å²) in [4.78, 5) is 0. The van der Waals surface area contributed by atoms with Gasteiger partial charge in [0.15, 0.2) is 11.5 Å². The van der Waals surface area contributed by atoms with Crippen LogP contribution >= 0.6 is 0 Å². The first-order valence-electron chi connectivity index (χ1n) is 6.49. The molecule has 1 aliphatic heterocycles. The summed E-state index contributed by atoms with van der Waals surface area (Å²) in [5.41, 5.74) is 2.14. The third-order valence-electron chi connectivity index (χ3n) is 2.95. The second-order valence-corrected chi connectivity index (χ2v) is 7.95. The lowest BCUT2D eigenvalue weighted by atomic mass is 9.86. The minimum Gasteiger partial charge on any atom is -0.453 e. The van der Waals surface area contributed by atoms with Crippen molar-refractivity contribution in [1.82, 2.24) is 0 Å². The van der Waals surface area contributed by atoms with Crippen LogP contribution in [0.15, 0.2) is 12.1 Å². The number of ether oxygens (including phenoxy) is 2. The molecule has 19 heavy (non-hydrogen) atoms. The summed E-state index contributed by atoms with van der Waals surface area (Å²) in [5.74, 6) is 1.66. The van der Waals surface area contributed by atoms with E-state index in [2.05, 4.69) is 45.2 Å². The maximum Gasteiger partial charge on any atom is 0.231 e. The van der Waals surface area contributed by atoms with E-state index in [9.17, 15) is 0 Å². The molecule has 4 nitrogen and oxygen atoms in total. The first kappa shape index (κ1) is 14.2. The second-order valence-electron chi connectivity index (χ2n) is 5.85. The number of hydrogen-bond donors (Lipinski definition) is 1. The molecular formula is C14H22NO3Si. The van der Waals surface area contributed by atoms with E-state index in [1.165, 1.54) is 5.56 Å². The van der Waals surface area contributed by atoms with Crippen LogP contribution in [0.5, 0.6) is 11.5 Å². The van der Waals surface area contributed by atoms with Crippen LogP contribution in [0, 0.1) is 0 Å². The van der Waals surface area contributed by atoms with Crippen molar-refractivity contribution in [2.45, 2.75) is 39.3 Å². The van der Waals surface area contributed by atoms with Crippen molar-refractivity contribution in [3.8, 4) is 11.5 Å². The zero-order valence-electron chi connectivity index (χ0n) is 12.3. The van der Waals surface area contributed by atoms with Crippen molar-refractivity contribution < 1.29 is 13.9 Å². The fraction of sp³-hybridized carbons (Fsp3) is 0.571. The quantitative estimate of drug-likeness (QED) is 0.678. The van der Waals surface area contributed by atoms with Gasteiger partial charge in [0.1, 0.15) is 6.73 Å². The minimum atomic E-state index is -0.683. The normalized spacial score (nSPS) is 14.0. The monoisotopic (exact) mass is 280 g/mol. The first-order chi connectivity index (χ1) is 8.89. The van der Waals surface area contributed by atoms with Gasteiger partial charge in [-0.2, -0.15) is 0 Å². The van der Waals surface area contributed by atoms with Crippen molar-refractivity contribution in [2.24, 2.45) is 0 Å². The van der Waals surface area contributed by atoms with Gasteiger partial charge in [0, 0.05) is 5.56 Å². The van der Waals surface area contributed by atoms with E-state index in [0.717, 1.165) is 17.2 Å². The van der Waals surface area contributed by atoms with Crippen molar-refractivity contribution in [3.63, 3.8) is 0 Å². The second kappa shape index (κ2) is 5.42. The van der Waals surface area contributed by atoms with Crippen molar-refractivity contribution in [2.75, 3.05) is 18.8 Å². The SMILES string of the molecule is C[Si](C)OCNc1ccc(C(C)(C)C)c2c1OCO2. The summed E-state index contributed by atoms with van der Waals surface area (Å²) >= 11 is 0. The number of benzene rings is 1. The predicted molar refractivity (Wildman–Crippen MR) is 78.3 cm³/mol. The summed E-state index contributed by atoms with van der Waals surface area (Å²) in [6, 6.07) is 4.13. The molecule has 0 aromatic heterocycles. The third kappa shape index (κ3) is 3.22. The summed E-state index contributed by atoms with van der Waals surface area (Å²) in [5, 5.41) is 3.25. The fourth-order valence-corrected chi connectivity index (χ4v) is 2.35. The Balaban J connectivity index is 2.21. The standard InChI is InChI=1S/C14H22NO3Si/c1-14(2,3)10-6-7-11(15-8-18-19(4)5)13-12(10)16-9-17-13/h6-7,15H,8-9H2,1-5H3. The topological polar surface area (TPSA) is 39.7 Å². The Morgan fingerprint density at radius 1 is 1.21 bits per heavy atom. The number of nitrogens with one attached hydrogen (secondary N) is 1. The molecule has 0 saturated carbocycles. The molecule has 1 aromatic rings. The van der Waals surface area contributed by atoms with Crippen molar-refractivity contribution in [3.05, 3.63) is 17.7 Å². The highest BCUT2D eigenvalue weighted by atomic mass is 28.3. The Hall–Kier alpha value is -1.20. The highest BCUT2D eigenvalue weighted by molar-refractivity contribution is 6.48. The smallest absolute Gasteiger partial charge is 0.231 e. The van der Waals surface area contributed by atoms with Gasteiger partial charge in [0.2, 0.25) is 15.8 Å². The molecule has 0 spiro atoms. The first-order valence-corrected chi connectivity index (χ1v) is 8.90.